The largest absolute Gasteiger partial charge is 0.288 e. The molecule has 0 spiro atoms. The molecule has 1 aromatic rings. The molecule has 1 heterocycles. The van der Waals surface area contributed by atoms with Gasteiger partial charge < -0.3 is 0 Å². The first-order valence-electron chi connectivity index (χ1n) is 7.71. The molecule has 0 aromatic heterocycles. The van der Waals surface area contributed by atoms with Gasteiger partial charge in [0, 0.05) is 23.6 Å². The summed E-state index contributed by atoms with van der Waals surface area (Å²) in [6.45, 7) is 3.96. The van der Waals surface area contributed by atoms with Crippen LogP contribution in [0.15, 0.2) is 53.5 Å². The predicted molar refractivity (Wildman–Crippen MR) is 92.9 cm³/mol. The lowest BCUT2D eigenvalue weighted by molar-refractivity contribution is 0.0706. The Morgan fingerprint density at radius 1 is 1.35 bits per heavy atom. The van der Waals surface area contributed by atoms with Gasteiger partial charge in [-0.1, -0.05) is 37.3 Å². The van der Waals surface area contributed by atoms with E-state index in [1.165, 1.54) is 16.0 Å². The van der Waals surface area contributed by atoms with E-state index < -0.39 is 5.91 Å². The van der Waals surface area contributed by atoms with E-state index in [0.29, 0.717) is 11.5 Å². The maximum Gasteiger partial charge on any atom is 0.274 e. The van der Waals surface area contributed by atoms with Gasteiger partial charge in [0.15, 0.2) is 0 Å². The Morgan fingerprint density at radius 2 is 2.22 bits per heavy atom. The highest BCUT2D eigenvalue weighted by atomic mass is 32.2. The standard InChI is InChI=1S/C18H20N2O2S/c1-13-3-2-4-17(8-5-13)23-20-10-9-14-11-15(18(21)19-22)6-7-16(14)12-20/h2-8,11,13,22H,9-10,12H2,1H3,(H,19,21). The molecule has 0 fully saturated rings. The van der Waals surface area contributed by atoms with E-state index in [-0.39, 0.29) is 0 Å². The summed E-state index contributed by atoms with van der Waals surface area (Å²) in [5.41, 5.74) is 4.61. The molecule has 0 saturated carbocycles. The third-order valence-corrected chi connectivity index (χ3v) is 5.07. The number of nitrogens with zero attached hydrogens (tertiary/aromatic N) is 1. The summed E-state index contributed by atoms with van der Waals surface area (Å²) < 4.78 is 2.34. The molecule has 0 saturated heterocycles. The van der Waals surface area contributed by atoms with Crippen LogP contribution in [-0.4, -0.2) is 22.0 Å². The Labute approximate surface area is 140 Å². The summed E-state index contributed by atoms with van der Waals surface area (Å²) in [5.74, 6) is 0.0155. The lowest BCUT2D eigenvalue weighted by Gasteiger charge is -2.28. The van der Waals surface area contributed by atoms with Gasteiger partial charge in [-0.05, 0) is 53.6 Å². The molecule has 2 N–H and O–H groups in total. The van der Waals surface area contributed by atoms with Crippen molar-refractivity contribution < 1.29 is 10.0 Å². The lowest BCUT2D eigenvalue weighted by Crippen LogP contribution is -2.26. The summed E-state index contributed by atoms with van der Waals surface area (Å²) in [6.07, 6.45) is 11.7. The number of carbonyl (C=O) groups excluding carboxylic acids is 1. The number of hydrogen-bond acceptors (Lipinski definition) is 4. The molecule has 3 rings (SSSR count). The van der Waals surface area contributed by atoms with Crippen molar-refractivity contribution in [2.75, 3.05) is 6.54 Å². The van der Waals surface area contributed by atoms with E-state index in [9.17, 15) is 4.79 Å². The third kappa shape index (κ3) is 3.93. The summed E-state index contributed by atoms with van der Waals surface area (Å²) in [7, 11) is 0. The minimum Gasteiger partial charge on any atom is -0.288 e. The monoisotopic (exact) mass is 328 g/mol. The Balaban J connectivity index is 1.69. The van der Waals surface area contributed by atoms with Crippen molar-refractivity contribution >= 4 is 17.9 Å². The Kier molecular flexibility index (Phi) is 5.00. The van der Waals surface area contributed by atoms with Crippen LogP contribution in [0.2, 0.25) is 0 Å². The van der Waals surface area contributed by atoms with Crippen molar-refractivity contribution in [3.63, 3.8) is 0 Å². The van der Waals surface area contributed by atoms with E-state index in [1.807, 2.05) is 12.1 Å². The van der Waals surface area contributed by atoms with Gasteiger partial charge in [-0.2, -0.15) is 0 Å². The van der Waals surface area contributed by atoms with Gasteiger partial charge in [0.2, 0.25) is 0 Å². The van der Waals surface area contributed by atoms with Crippen molar-refractivity contribution in [3.8, 4) is 0 Å². The summed E-state index contributed by atoms with van der Waals surface area (Å²) in [6, 6.07) is 5.61. The van der Waals surface area contributed by atoms with Crippen LogP contribution >= 0.6 is 11.9 Å². The third-order valence-electron chi connectivity index (χ3n) is 4.02. The van der Waals surface area contributed by atoms with Gasteiger partial charge in [0.25, 0.3) is 5.91 Å². The molecule has 1 unspecified atom stereocenters. The maximum atomic E-state index is 11.5. The molecule has 1 aliphatic carbocycles. The second-order valence-corrected chi connectivity index (χ2v) is 6.97. The number of fused-ring (bicyclic) bond motifs is 1. The average molecular weight is 328 g/mol. The molecule has 1 aromatic carbocycles. The van der Waals surface area contributed by atoms with Crippen LogP contribution in [0, 0.1) is 5.92 Å². The van der Waals surface area contributed by atoms with Crippen LogP contribution in [0.1, 0.15) is 28.4 Å². The lowest BCUT2D eigenvalue weighted by atomic mass is 9.98. The normalized spacial score (nSPS) is 20.6. The summed E-state index contributed by atoms with van der Waals surface area (Å²) in [5, 5.41) is 8.73. The fourth-order valence-electron chi connectivity index (χ4n) is 2.71. The molecule has 120 valence electrons. The zero-order chi connectivity index (χ0) is 16.2. The van der Waals surface area contributed by atoms with Gasteiger partial charge in [0.05, 0.1) is 0 Å². The smallest absolute Gasteiger partial charge is 0.274 e. The Hall–Kier alpha value is -1.82. The number of rotatable bonds is 3. The predicted octanol–water partition coefficient (Wildman–Crippen LogP) is 3.46. The second-order valence-electron chi connectivity index (χ2n) is 5.80. The number of amides is 1. The van der Waals surface area contributed by atoms with Crippen LogP contribution < -0.4 is 5.48 Å². The molecule has 1 aliphatic heterocycles. The summed E-state index contributed by atoms with van der Waals surface area (Å²) >= 11 is 1.77. The topological polar surface area (TPSA) is 52.6 Å². The fraction of sp³-hybridized carbons (Fsp3) is 0.278. The fourth-order valence-corrected chi connectivity index (χ4v) is 3.68. The first-order chi connectivity index (χ1) is 11.2. The molecule has 4 nitrogen and oxygen atoms in total. The van der Waals surface area contributed by atoms with E-state index in [0.717, 1.165) is 19.5 Å². The first kappa shape index (κ1) is 16.1. The van der Waals surface area contributed by atoms with Gasteiger partial charge >= 0.3 is 0 Å². The van der Waals surface area contributed by atoms with E-state index in [1.54, 1.807) is 23.5 Å². The Morgan fingerprint density at radius 3 is 3.04 bits per heavy atom. The molecular weight excluding hydrogens is 308 g/mol. The van der Waals surface area contributed by atoms with Crippen molar-refractivity contribution in [1.82, 2.24) is 9.79 Å². The minimum atomic E-state index is -0.459. The number of hydroxylamine groups is 1. The number of allylic oxidation sites excluding steroid dienone is 5. The van der Waals surface area contributed by atoms with Gasteiger partial charge in [-0.15, -0.1) is 0 Å². The maximum absolute atomic E-state index is 11.5. The number of nitrogens with one attached hydrogen (secondary N) is 1. The zero-order valence-electron chi connectivity index (χ0n) is 13.0. The molecule has 1 amide bonds. The van der Waals surface area contributed by atoms with Gasteiger partial charge in [-0.25, -0.2) is 9.79 Å². The summed E-state index contributed by atoms with van der Waals surface area (Å²) in [4.78, 5) is 12.7. The van der Waals surface area contributed by atoms with Crippen LogP contribution in [-0.2, 0) is 13.0 Å². The van der Waals surface area contributed by atoms with E-state index in [2.05, 4.69) is 41.6 Å². The van der Waals surface area contributed by atoms with Crippen LogP contribution in [0.4, 0.5) is 0 Å². The number of carbonyl (C=O) groups is 1. The van der Waals surface area contributed by atoms with Crippen molar-refractivity contribution in [2.45, 2.75) is 19.9 Å². The van der Waals surface area contributed by atoms with Gasteiger partial charge in [0.1, 0.15) is 0 Å². The van der Waals surface area contributed by atoms with Gasteiger partial charge in [-0.3, -0.25) is 10.0 Å². The average Bonchev–Trinajstić information content (AvgIpc) is 2.78. The highest BCUT2D eigenvalue weighted by molar-refractivity contribution is 8.01. The van der Waals surface area contributed by atoms with Crippen LogP contribution in [0.5, 0.6) is 0 Å². The highest BCUT2D eigenvalue weighted by Gasteiger charge is 2.19. The number of hydrogen-bond donors (Lipinski definition) is 2. The minimum absolute atomic E-state index is 0.459. The van der Waals surface area contributed by atoms with Crippen LogP contribution in [0.3, 0.4) is 0 Å². The number of benzene rings is 1. The first-order valence-corrected chi connectivity index (χ1v) is 8.49. The molecule has 23 heavy (non-hydrogen) atoms. The molecule has 0 radical (unpaired) electrons. The second kappa shape index (κ2) is 7.17. The zero-order valence-corrected chi connectivity index (χ0v) is 13.8. The quantitative estimate of drug-likeness (QED) is 0.507. The Bertz CT molecular complexity index is 694. The molecular formula is C18H20N2O2S. The van der Waals surface area contributed by atoms with Crippen molar-refractivity contribution in [2.24, 2.45) is 5.92 Å². The van der Waals surface area contributed by atoms with Crippen molar-refractivity contribution in [3.05, 3.63) is 70.2 Å². The SMILES string of the molecule is CC1C=CC=C(SN2CCc3cc(C(=O)NO)ccc3C2)C=C1. The molecule has 1 atom stereocenters. The van der Waals surface area contributed by atoms with Crippen molar-refractivity contribution in [1.29, 1.82) is 0 Å². The highest BCUT2D eigenvalue weighted by Crippen LogP contribution is 2.30. The molecule has 2 aliphatic rings. The van der Waals surface area contributed by atoms with E-state index >= 15 is 0 Å². The molecule has 5 heteroatoms. The van der Waals surface area contributed by atoms with Crippen LogP contribution in [0.25, 0.3) is 0 Å². The van der Waals surface area contributed by atoms with E-state index in [4.69, 9.17) is 5.21 Å². The molecule has 0 bridgehead atoms.